The molecule has 0 bridgehead atoms. The molecule has 0 aromatic heterocycles. The number of methoxy groups -OCH3 is 2. The summed E-state index contributed by atoms with van der Waals surface area (Å²) in [5.74, 6) is -1.31. The molecule has 0 aliphatic carbocycles. The molecule has 2 heterocycles. The number of nitriles is 1. The lowest BCUT2D eigenvalue weighted by atomic mass is 10.1. The molecule has 8 heteroatoms. The van der Waals surface area contributed by atoms with E-state index in [9.17, 15) is 14.9 Å². The molecule has 3 rings (SSSR count). The number of hydrogen-bond acceptors (Lipinski definition) is 8. The summed E-state index contributed by atoms with van der Waals surface area (Å²) < 4.78 is 15.3. The van der Waals surface area contributed by atoms with Gasteiger partial charge in [-0.3, -0.25) is 0 Å². The topological polar surface area (TPSA) is 92.1 Å². The number of ether oxygens (including phenoxy) is 3. The molecule has 28 heavy (non-hydrogen) atoms. The van der Waals surface area contributed by atoms with Crippen molar-refractivity contribution in [1.29, 1.82) is 5.26 Å². The van der Waals surface area contributed by atoms with Crippen LogP contribution in [-0.4, -0.2) is 52.6 Å². The van der Waals surface area contributed by atoms with E-state index in [2.05, 4.69) is 11.0 Å². The number of nitrogens with zero attached hydrogens (tertiary/aromatic N) is 3. The lowest BCUT2D eigenvalue weighted by Gasteiger charge is -2.36. The molecule has 1 aromatic carbocycles. The number of esters is 2. The van der Waals surface area contributed by atoms with Crippen LogP contribution >= 0.6 is 0 Å². The van der Waals surface area contributed by atoms with E-state index in [0.29, 0.717) is 11.3 Å². The van der Waals surface area contributed by atoms with Crippen LogP contribution in [0.2, 0.25) is 0 Å². The Morgan fingerprint density at radius 1 is 1.07 bits per heavy atom. The van der Waals surface area contributed by atoms with Crippen LogP contribution in [0.5, 0.6) is 0 Å². The van der Waals surface area contributed by atoms with Crippen molar-refractivity contribution in [2.24, 2.45) is 0 Å². The van der Waals surface area contributed by atoms with E-state index in [4.69, 9.17) is 14.2 Å². The van der Waals surface area contributed by atoms with Crippen LogP contribution in [-0.2, 0) is 23.8 Å². The first kappa shape index (κ1) is 19.7. The van der Waals surface area contributed by atoms with Gasteiger partial charge in [0.05, 0.1) is 49.4 Å². The molecule has 148 valence electrons. The number of piperidine rings is 1. The van der Waals surface area contributed by atoms with Gasteiger partial charge in [0.1, 0.15) is 12.4 Å². The van der Waals surface area contributed by atoms with Gasteiger partial charge in [0.15, 0.2) is 0 Å². The smallest absolute Gasteiger partial charge is 0.355 e. The van der Waals surface area contributed by atoms with Crippen LogP contribution in [0.4, 0.5) is 11.4 Å². The Hall–Kier alpha value is -3.05. The van der Waals surface area contributed by atoms with E-state index in [1.807, 2.05) is 6.07 Å². The van der Waals surface area contributed by atoms with Gasteiger partial charge in [-0.25, -0.2) is 9.59 Å². The average molecular weight is 385 g/mol. The Labute approximate surface area is 163 Å². The molecule has 8 nitrogen and oxygen atoms in total. The summed E-state index contributed by atoms with van der Waals surface area (Å²) in [7, 11) is 2.51. The Bertz CT molecular complexity index is 837. The highest BCUT2D eigenvalue weighted by Gasteiger charge is 2.34. The monoisotopic (exact) mass is 385 g/mol. The van der Waals surface area contributed by atoms with Crippen molar-refractivity contribution in [3.63, 3.8) is 0 Å². The minimum Gasteiger partial charge on any atom is -0.466 e. The van der Waals surface area contributed by atoms with E-state index in [0.717, 1.165) is 31.6 Å². The number of hydrogen-bond donors (Lipinski definition) is 0. The van der Waals surface area contributed by atoms with Crippen molar-refractivity contribution in [2.45, 2.75) is 19.3 Å². The van der Waals surface area contributed by atoms with E-state index >= 15 is 0 Å². The van der Waals surface area contributed by atoms with Crippen molar-refractivity contribution < 1.29 is 23.8 Å². The third kappa shape index (κ3) is 3.80. The minimum absolute atomic E-state index is 0.0510. The number of carbonyl (C=O) groups is 2. The Morgan fingerprint density at radius 2 is 1.79 bits per heavy atom. The summed E-state index contributed by atoms with van der Waals surface area (Å²) in [6.07, 6.45) is 3.32. The van der Waals surface area contributed by atoms with Crippen LogP contribution in [0, 0.1) is 11.3 Å². The molecule has 0 radical (unpaired) electrons. The van der Waals surface area contributed by atoms with Crippen LogP contribution in [0.15, 0.2) is 29.5 Å². The van der Waals surface area contributed by atoms with Crippen molar-refractivity contribution in [1.82, 2.24) is 0 Å². The second-order valence-corrected chi connectivity index (χ2v) is 6.58. The average Bonchev–Trinajstić information content (AvgIpc) is 2.77. The standard InChI is InChI=1S/C20H23N3O5/c1-26-19(24)15-12-28-13-23(18(15)20(25)27-2)17-10-14(11-21)6-7-16(17)22-8-4-3-5-9-22/h6-7,10H,3-5,8-9,12-13H2,1-2H3. The maximum absolute atomic E-state index is 12.6. The summed E-state index contributed by atoms with van der Waals surface area (Å²) >= 11 is 0. The lowest BCUT2D eigenvalue weighted by Crippen LogP contribution is -2.40. The van der Waals surface area contributed by atoms with Crippen LogP contribution < -0.4 is 9.80 Å². The highest BCUT2D eigenvalue weighted by molar-refractivity contribution is 6.04. The summed E-state index contributed by atoms with van der Waals surface area (Å²) in [5, 5.41) is 9.37. The molecule has 1 aromatic rings. The van der Waals surface area contributed by atoms with Gasteiger partial charge in [-0.05, 0) is 37.5 Å². The number of benzene rings is 1. The summed E-state index contributed by atoms with van der Waals surface area (Å²) in [6, 6.07) is 7.46. The normalized spacial score (nSPS) is 17.2. The van der Waals surface area contributed by atoms with E-state index < -0.39 is 11.9 Å². The number of rotatable bonds is 4. The molecule has 0 spiro atoms. The minimum atomic E-state index is -0.657. The SMILES string of the molecule is COC(=O)C1=C(C(=O)OC)N(c2cc(C#N)ccc2N2CCCCC2)COC1. The van der Waals surface area contributed by atoms with Gasteiger partial charge in [-0.2, -0.15) is 5.26 Å². The van der Waals surface area contributed by atoms with Gasteiger partial charge in [0, 0.05) is 13.1 Å². The first-order valence-corrected chi connectivity index (χ1v) is 9.15. The third-order valence-electron chi connectivity index (χ3n) is 4.93. The fourth-order valence-corrected chi connectivity index (χ4v) is 3.55. The third-order valence-corrected chi connectivity index (χ3v) is 4.93. The maximum atomic E-state index is 12.6. The summed E-state index contributed by atoms with van der Waals surface area (Å²) in [5.41, 5.74) is 2.13. The first-order chi connectivity index (χ1) is 13.6. The molecular weight excluding hydrogens is 362 g/mol. The fourth-order valence-electron chi connectivity index (χ4n) is 3.55. The highest BCUT2D eigenvalue weighted by atomic mass is 16.5. The Morgan fingerprint density at radius 3 is 2.43 bits per heavy atom. The predicted molar refractivity (Wildman–Crippen MR) is 102 cm³/mol. The van der Waals surface area contributed by atoms with Gasteiger partial charge in [-0.1, -0.05) is 0 Å². The molecule has 0 N–H and O–H groups in total. The molecule has 0 unspecified atom stereocenters. The van der Waals surface area contributed by atoms with Crippen molar-refractivity contribution >= 4 is 23.3 Å². The molecular formula is C20H23N3O5. The van der Waals surface area contributed by atoms with E-state index in [-0.39, 0.29) is 24.6 Å². The second-order valence-electron chi connectivity index (χ2n) is 6.58. The van der Waals surface area contributed by atoms with Gasteiger partial charge >= 0.3 is 11.9 Å². The molecule has 1 fully saturated rings. The van der Waals surface area contributed by atoms with Gasteiger partial charge in [0.2, 0.25) is 0 Å². The van der Waals surface area contributed by atoms with E-state index in [1.54, 1.807) is 17.0 Å². The zero-order valence-electron chi connectivity index (χ0n) is 16.1. The largest absolute Gasteiger partial charge is 0.466 e. The zero-order chi connectivity index (χ0) is 20.1. The van der Waals surface area contributed by atoms with Crippen molar-refractivity contribution in [3.05, 3.63) is 35.0 Å². The zero-order valence-corrected chi connectivity index (χ0v) is 16.1. The summed E-state index contributed by atoms with van der Waals surface area (Å²) in [4.78, 5) is 28.6. The van der Waals surface area contributed by atoms with E-state index in [1.165, 1.54) is 20.6 Å². The second kappa shape index (κ2) is 8.76. The van der Waals surface area contributed by atoms with Crippen molar-refractivity contribution in [2.75, 3.05) is 50.4 Å². The van der Waals surface area contributed by atoms with Crippen LogP contribution in [0.1, 0.15) is 24.8 Å². The molecule has 2 aliphatic heterocycles. The predicted octanol–water partition coefficient (Wildman–Crippen LogP) is 1.94. The van der Waals surface area contributed by atoms with Crippen LogP contribution in [0.25, 0.3) is 0 Å². The number of anilines is 2. The molecule has 1 saturated heterocycles. The number of carbonyl (C=O) groups excluding carboxylic acids is 2. The quantitative estimate of drug-likeness (QED) is 0.726. The maximum Gasteiger partial charge on any atom is 0.355 e. The highest BCUT2D eigenvalue weighted by Crippen LogP contribution is 2.36. The Balaban J connectivity index is 2.15. The van der Waals surface area contributed by atoms with Crippen molar-refractivity contribution in [3.8, 4) is 6.07 Å². The lowest BCUT2D eigenvalue weighted by molar-refractivity contribution is -0.140. The summed E-state index contributed by atoms with van der Waals surface area (Å²) in [6.45, 7) is 1.77. The van der Waals surface area contributed by atoms with Gasteiger partial charge in [0.25, 0.3) is 0 Å². The molecule has 2 aliphatic rings. The van der Waals surface area contributed by atoms with Gasteiger partial charge < -0.3 is 24.0 Å². The molecule has 0 amide bonds. The molecule has 0 saturated carbocycles. The molecule has 0 atom stereocenters. The van der Waals surface area contributed by atoms with Crippen LogP contribution in [0.3, 0.4) is 0 Å². The fraction of sp³-hybridized carbons (Fsp3) is 0.450. The first-order valence-electron chi connectivity index (χ1n) is 9.15. The Kier molecular flexibility index (Phi) is 6.16. The van der Waals surface area contributed by atoms with Gasteiger partial charge in [-0.15, -0.1) is 0 Å².